The molecule has 2 heterocycles. The van der Waals surface area contributed by atoms with E-state index in [0.717, 1.165) is 5.92 Å². The van der Waals surface area contributed by atoms with Crippen LogP contribution in [0.1, 0.15) is 19.8 Å². The van der Waals surface area contributed by atoms with Crippen molar-refractivity contribution < 1.29 is 0 Å². The molecule has 0 aromatic rings. The molecule has 1 unspecified atom stereocenters. The third-order valence-corrected chi connectivity index (χ3v) is 4.67. The Bertz CT molecular complexity index is 145. The Morgan fingerprint density at radius 2 is 2.08 bits per heavy atom. The molecular weight excluding hydrogens is 168 g/mol. The summed E-state index contributed by atoms with van der Waals surface area (Å²) in [7, 11) is 0. The van der Waals surface area contributed by atoms with Crippen LogP contribution in [0.5, 0.6) is 0 Å². The largest absolute Gasteiger partial charge is 0.317 e. The molecule has 3 heteroatoms. The Balaban J connectivity index is 1.92. The SMILES string of the molecule is CC1CNC2(CCNCC2)SC1. The summed E-state index contributed by atoms with van der Waals surface area (Å²) in [5.74, 6) is 2.20. The van der Waals surface area contributed by atoms with Gasteiger partial charge in [-0.15, -0.1) is 11.8 Å². The van der Waals surface area contributed by atoms with Crippen LogP contribution in [0.3, 0.4) is 0 Å². The molecule has 70 valence electrons. The van der Waals surface area contributed by atoms with E-state index < -0.39 is 0 Å². The number of nitrogens with one attached hydrogen (secondary N) is 2. The predicted molar refractivity (Wildman–Crippen MR) is 54.5 cm³/mol. The maximum atomic E-state index is 3.71. The van der Waals surface area contributed by atoms with Crippen LogP contribution in [0.25, 0.3) is 0 Å². The fraction of sp³-hybridized carbons (Fsp3) is 1.00. The smallest absolute Gasteiger partial charge is 0.0669 e. The van der Waals surface area contributed by atoms with E-state index in [4.69, 9.17) is 0 Å². The third kappa shape index (κ3) is 1.78. The summed E-state index contributed by atoms with van der Waals surface area (Å²) in [4.78, 5) is 0.442. The average Bonchev–Trinajstić information content (AvgIpc) is 2.13. The van der Waals surface area contributed by atoms with Crippen molar-refractivity contribution in [1.82, 2.24) is 10.6 Å². The van der Waals surface area contributed by atoms with Crippen molar-refractivity contribution in [1.29, 1.82) is 0 Å². The molecule has 2 aliphatic rings. The highest BCUT2D eigenvalue weighted by atomic mass is 32.2. The molecule has 0 radical (unpaired) electrons. The maximum Gasteiger partial charge on any atom is 0.0669 e. The van der Waals surface area contributed by atoms with Crippen molar-refractivity contribution in [3.63, 3.8) is 0 Å². The first-order valence-electron chi connectivity index (χ1n) is 4.90. The van der Waals surface area contributed by atoms with Crippen molar-refractivity contribution in [2.45, 2.75) is 24.6 Å². The normalized spacial score (nSPS) is 35.2. The van der Waals surface area contributed by atoms with E-state index >= 15 is 0 Å². The highest BCUT2D eigenvalue weighted by Crippen LogP contribution is 2.35. The quantitative estimate of drug-likeness (QED) is 0.591. The minimum Gasteiger partial charge on any atom is -0.317 e. The lowest BCUT2D eigenvalue weighted by Gasteiger charge is -2.42. The van der Waals surface area contributed by atoms with Crippen molar-refractivity contribution in [3.05, 3.63) is 0 Å². The second-order valence-corrected chi connectivity index (χ2v) is 5.44. The van der Waals surface area contributed by atoms with Crippen LogP contribution in [0.4, 0.5) is 0 Å². The first-order valence-corrected chi connectivity index (χ1v) is 5.89. The topological polar surface area (TPSA) is 24.1 Å². The molecule has 0 amide bonds. The van der Waals surface area contributed by atoms with Gasteiger partial charge in [0.25, 0.3) is 0 Å². The third-order valence-electron chi connectivity index (χ3n) is 2.83. The molecule has 0 aromatic heterocycles. The van der Waals surface area contributed by atoms with Crippen LogP contribution >= 0.6 is 11.8 Å². The zero-order chi connectivity index (χ0) is 8.44. The van der Waals surface area contributed by atoms with Crippen LogP contribution < -0.4 is 10.6 Å². The fourth-order valence-corrected chi connectivity index (χ4v) is 3.32. The highest BCUT2D eigenvalue weighted by molar-refractivity contribution is 8.00. The lowest BCUT2D eigenvalue weighted by Crippen LogP contribution is -2.54. The van der Waals surface area contributed by atoms with Crippen molar-refractivity contribution in [2.75, 3.05) is 25.4 Å². The molecule has 0 bridgehead atoms. The van der Waals surface area contributed by atoms with Crippen molar-refractivity contribution in [2.24, 2.45) is 5.92 Å². The Morgan fingerprint density at radius 1 is 1.33 bits per heavy atom. The van der Waals surface area contributed by atoms with E-state index in [1.54, 1.807) is 0 Å². The van der Waals surface area contributed by atoms with E-state index in [2.05, 4.69) is 29.3 Å². The van der Waals surface area contributed by atoms with E-state index in [1.807, 2.05) is 0 Å². The lowest BCUT2D eigenvalue weighted by atomic mass is 10.0. The Morgan fingerprint density at radius 3 is 2.67 bits per heavy atom. The van der Waals surface area contributed by atoms with Crippen LogP contribution in [0, 0.1) is 5.92 Å². The minimum atomic E-state index is 0.442. The number of hydrogen-bond acceptors (Lipinski definition) is 3. The van der Waals surface area contributed by atoms with Crippen molar-refractivity contribution in [3.8, 4) is 0 Å². The van der Waals surface area contributed by atoms with Crippen molar-refractivity contribution >= 4 is 11.8 Å². The van der Waals surface area contributed by atoms with Gasteiger partial charge < -0.3 is 10.6 Å². The van der Waals surface area contributed by atoms with Crippen LogP contribution in [0.2, 0.25) is 0 Å². The summed E-state index contributed by atoms with van der Waals surface area (Å²) in [6.45, 7) is 5.92. The Labute approximate surface area is 78.9 Å². The van der Waals surface area contributed by atoms with Gasteiger partial charge in [0.05, 0.1) is 4.87 Å². The highest BCUT2D eigenvalue weighted by Gasteiger charge is 2.35. The molecular formula is C9H18N2S. The van der Waals surface area contributed by atoms with Gasteiger partial charge >= 0.3 is 0 Å². The van der Waals surface area contributed by atoms with E-state index in [-0.39, 0.29) is 0 Å². The van der Waals surface area contributed by atoms with Crippen LogP contribution in [-0.2, 0) is 0 Å². The van der Waals surface area contributed by atoms with Gasteiger partial charge in [-0.05, 0) is 44.1 Å². The molecule has 2 saturated heterocycles. The summed E-state index contributed by atoms with van der Waals surface area (Å²) in [6.07, 6.45) is 2.59. The average molecular weight is 186 g/mol. The monoisotopic (exact) mass is 186 g/mol. The summed E-state index contributed by atoms with van der Waals surface area (Å²) in [5, 5.41) is 7.12. The zero-order valence-corrected chi connectivity index (χ0v) is 8.54. The van der Waals surface area contributed by atoms with Gasteiger partial charge in [0.15, 0.2) is 0 Å². The molecule has 0 saturated carbocycles. The number of thioether (sulfide) groups is 1. The second-order valence-electron chi connectivity index (χ2n) is 4.04. The summed E-state index contributed by atoms with van der Waals surface area (Å²) < 4.78 is 0. The minimum absolute atomic E-state index is 0.442. The van der Waals surface area contributed by atoms with Crippen LogP contribution in [0.15, 0.2) is 0 Å². The van der Waals surface area contributed by atoms with Gasteiger partial charge in [-0.1, -0.05) is 6.92 Å². The molecule has 2 nitrogen and oxygen atoms in total. The molecule has 1 spiro atoms. The molecule has 0 aliphatic carbocycles. The number of rotatable bonds is 0. The summed E-state index contributed by atoms with van der Waals surface area (Å²) >= 11 is 2.14. The summed E-state index contributed by atoms with van der Waals surface area (Å²) in [6, 6.07) is 0. The van der Waals surface area contributed by atoms with E-state index in [1.165, 1.54) is 38.2 Å². The van der Waals surface area contributed by atoms with Gasteiger partial charge in [-0.3, -0.25) is 0 Å². The van der Waals surface area contributed by atoms with E-state index in [0.29, 0.717) is 4.87 Å². The molecule has 2 aliphatic heterocycles. The standard InChI is InChI=1S/C9H18N2S/c1-8-6-11-9(12-7-8)2-4-10-5-3-9/h8,10-11H,2-7H2,1H3. The molecule has 1 atom stereocenters. The van der Waals surface area contributed by atoms with Crippen LogP contribution in [-0.4, -0.2) is 30.3 Å². The lowest BCUT2D eigenvalue weighted by molar-refractivity contribution is 0.325. The van der Waals surface area contributed by atoms with Gasteiger partial charge in [0, 0.05) is 0 Å². The molecule has 12 heavy (non-hydrogen) atoms. The Hall–Kier alpha value is 0.270. The van der Waals surface area contributed by atoms with Gasteiger partial charge in [-0.2, -0.15) is 0 Å². The fourth-order valence-electron chi connectivity index (χ4n) is 1.92. The Kier molecular flexibility index (Phi) is 2.63. The first kappa shape index (κ1) is 8.85. The summed E-state index contributed by atoms with van der Waals surface area (Å²) in [5.41, 5.74) is 0. The van der Waals surface area contributed by atoms with Gasteiger partial charge in [0.2, 0.25) is 0 Å². The second kappa shape index (κ2) is 3.56. The van der Waals surface area contributed by atoms with Gasteiger partial charge in [0.1, 0.15) is 0 Å². The predicted octanol–water partition coefficient (Wildman–Crippen LogP) is 1.04. The maximum absolute atomic E-state index is 3.71. The molecule has 2 rings (SSSR count). The zero-order valence-electron chi connectivity index (χ0n) is 7.73. The molecule has 2 N–H and O–H groups in total. The number of piperidine rings is 1. The first-order chi connectivity index (χ1) is 5.81. The van der Waals surface area contributed by atoms with E-state index in [9.17, 15) is 0 Å². The molecule has 0 aromatic carbocycles. The van der Waals surface area contributed by atoms with Gasteiger partial charge in [-0.25, -0.2) is 0 Å². The number of hydrogen-bond donors (Lipinski definition) is 2. The molecule has 2 fully saturated rings.